The summed E-state index contributed by atoms with van der Waals surface area (Å²) in [6, 6.07) is 0.437. The molecule has 2 atom stereocenters. The third-order valence-electron chi connectivity index (χ3n) is 3.77. The van der Waals surface area contributed by atoms with E-state index in [0.29, 0.717) is 18.1 Å². The predicted molar refractivity (Wildman–Crippen MR) is 66.9 cm³/mol. The van der Waals surface area contributed by atoms with Crippen molar-refractivity contribution in [2.24, 2.45) is 0 Å². The number of amides is 1. The number of rotatable bonds is 6. The quantitative estimate of drug-likeness (QED) is 0.708. The highest BCUT2D eigenvalue weighted by Gasteiger charge is 2.22. The first-order chi connectivity index (χ1) is 8.27. The topological polar surface area (TPSA) is 41.6 Å². The highest BCUT2D eigenvalue weighted by atomic mass is 16.5. The Morgan fingerprint density at radius 2 is 2.41 bits per heavy atom. The van der Waals surface area contributed by atoms with E-state index in [2.05, 4.69) is 12.2 Å². The van der Waals surface area contributed by atoms with Crippen molar-refractivity contribution in [1.29, 1.82) is 0 Å². The summed E-state index contributed by atoms with van der Waals surface area (Å²) in [5, 5.41) is 3.50. The molecule has 2 fully saturated rings. The molecule has 0 aromatic heterocycles. The number of carbonyl (C=O) groups is 1. The summed E-state index contributed by atoms with van der Waals surface area (Å²) in [7, 11) is 0. The highest BCUT2D eigenvalue weighted by molar-refractivity contribution is 5.77. The Bertz CT molecular complexity index is 252. The molecule has 1 N–H and O–H groups in total. The maximum Gasteiger partial charge on any atom is 0.222 e. The third-order valence-corrected chi connectivity index (χ3v) is 3.77. The molecule has 4 nitrogen and oxygen atoms in total. The van der Waals surface area contributed by atoms with Crippen molar-refractivity contribution in [1.82, 2.24) is 10.2 Å². The fourth-order valence-electron chi connectivity index (χ4n) is 2.67. The van der Waals surface area contributed by atoms with Crippen LogP contribution in [0.15, 0.2) is 0 Å². The second-order valence-corrected chi connectivity index (χ2v) is 5.13. The van der Waals surface area contributed by atoms with Crippen LogP contribution in [0.25, 0.3) is 0 Å². The van der Waals surface area contributed by atoms with E-state index < -0.39 is 0 Å². The lowest BCUT2D eigenvalue weighted by Gasteiger charge is -2.21. The van der Waals surface area contributed by atoms with Gasteiger partial charge in [0.1, 0.15) is 0 Å². The monoisotopic (exact) mass is 240 g/mol. The van der Waals surface area contributed by atoms with Gasteiger partial charge in [-0.3, -0.25) is 4.79 Å². The fourth-order valence-corrected chi connectivity index (χ4v) is 2.67. The third kappa shape index (κ3) is 3.68. The summed E-state index contributed by atoms with van der Waals surface area (Å²) in [5.74, 6) is 0.331. The summed E-state index contributed by atoms with van der Waals surface area (Å²) < 4.78 is 5.64. The van der Waals surface area contributed by atoms with E-state index in [4.69, 9.17) is 4.74 Å². The molecule has 0 radical (unpaired) electrons. The average Bonchev–Trinajstić information content (AvgIpc) is 2.96. The van der Waals surface area contributed by atoms with Crippen molar-refractivity contribution >= 4 is 5.91 Å². The highest BCUT2D eigenvalue weighted by Crippen LogP contribution is 2.15. The van der Waals surface area contributed by atoms with Gasteiger partial charge in [0, 0.05) is 32.2 Å². The zero-order valence-electron chi connectivity index (χ0n) is 10.8. The van der Waals surface area contributed by atoms with E-state index in [9.17, 15) is 4.79 Å². The van der Waals surface area contributed by atoms with E-state index in [-0.39, 0.29) is 0 Å². The van der Waals surface area contributed by atoms with E-state index in [0.717, 1.165) is 45.5 Å². The summed E-state index contributed by atoms with van der Waals surface area (Å²) >= 11 is 0. The van der Waals surface area contributed by atoms with Crippen LogP contribution >= 0.6 is 0 Å². The lowest BCUT2D eigenvalue weighted by atomic mass is 10.1. The van der Waals surface area contributed by atoms with Crippen molar-refractivity contribution in [3.8, 4) is 0 Å². The lowest BCUT2D eigenvalue weighted by Crippen LogP contribution is -2.38. The molecule has 1 amide bonds. The Labute approximate surface area is 104 Å². The summed E-state index contributed by atoms with van der Waals surface area (Å²) in [4.78, 5) is 13.4. The normalized spacial score (nSPS) is 26.8. The van der Waals surface area contributed by atoms with E-state index >= 15 is 0 Å². The molecule has 0 spiro atoms. The van der Waals surface area contributed by atoms with E-state index in [1.165, 1.54) is 12.8 Å². The first-order valence-corrected chi connectivity index (χ1v) is 6.90. The molecule has 17 heavy (non-hydrogen) atoms. The minimum atomic E-state index is 0.331. The van der Waals surface area contributed by atoms with Gasteiger partial charge in [-0.15, -0.1) is 0 Å². The summed E-state index contributed by atoms with van der Waals surface area (Å²) in [6.45, 7) is 5.95. The van der Waals surface area contributed by atoms with E-state index in [1.807, 2.05) is 4.90 Å². The van der Waals surface area contributed by atoms with Gasteiger partial charge in [0.15, 0.2) is 0 Å². The predicted octanol–water partition coefficient (Wildman–Crippen LogP) is 1.16. The van der Waals surface area contributed by atoms with Gasteiger partial charge in [-0.05, 0) is 39.2 Å². The second kappa shape index (κ2) is 6.36. The van der Waals surface area contributed by atoms with Crippen LogP contribution in [0, 0.1) is 0 Å². The lowest BCUT2D eigenvalue weighted by molar-refractivity contribution is -0.127. The number of hydrogen-bond acceptors (Lipinski definition) is 3. The first-order valence-electron chi connectivity index (χ1n) is 6.90. The molecule has 2 aliphatic rings. The van der Waals surface area contributed by atoms with Crippen LogP contribution in [0.3, 0.4) is 0 Å². The summed E-state index contributed by atoms with van der Waals surface area (Å²) in [6.07, 6.45) is 5.60. The molecule has 0 bridgehead atoms. The number of hydrogen-bond donors (Lipinski definition) is 1. The maximum absolute atomic E-state index is 11.4. The molecule has 2 heterocycles. The largest absolute Gasteiger partial charge is 0.377 e. The minimum absolute atomic E-state index is 0.331. The SMILES string of the molecule is C[C@@H](NCCCN1CCCC1=O)[C@H]1CCCO1. The first kappa shape index (κ1) is 12.8. The van der Waals surface area contributed by atoms with Crippen LogP contribution < -0.4 is 5.32 Å². The standard InChI is InChI=1S/C13H24N2O2/c1-11(12-5-3-10-17-12)14-7-4-9-15-8-2-6-13(15)16/h11-12,14H,2-10H2,1H3/t11-,12-/m1/s1. The number of ether oxygens (including phenoxy) is 1. The average molecular weight is 240 g/mol. The number of likely N-dealkylation sites (tertiary alicyclic amines) is 1. The molecule has 4 heteroatoms. The smallest absolute Gasteiger partial charge is 0.222 e. The van der Waals surface area contributed by atoms with E-state index in [1.54, 1.807) is 0 Å². The van der Waals surface area contributed by atoms with Crippen molar-refractivity contribution in [3.63, 3.8) is 0 Å². The van der Waals surface area contributed by atoms with Crippen LogP contribution in [0.1, 0.15) is 39.0 Å². The van der Waals surface area contributed by atoms with Gasteiger partial charge in [-0.1, -0.05) is 0 Å². The molecule has 0 saturated carbocycles. The van der Waals surface area contributed by atoms with Crippen LogP contribution in [0.5, 0.6) is 0 Å². The fraction of sp³-hybridized carbons (Fsp3) is 0.923. The molecular formula is C13H24N2O2. The van der Waals surface area contributed by atoms with Gasteiger partial charge in [-0.2, -0.15) is 0 Å². The Kier molecular flexibility index (Phi) is 4.80. The van der Waals surface area contributed by atoms with Gasteiger partial charge in [0.05, 0.1) is 6.10 Å². The van der Waals surface area contributed by atoms with Crippen molar-refractivity contribution in [2.75, 3.05) is 26.2 Å². The van der Waals surface area contributed by atoms with Crippen LogP contribution in [-0.2, 0) is 9.53 Å². The second-order valence-electron chi connectivity index (χ2n) is 5.13. The van der Waals surface area contributed by atoms with Gasteiger partial charge in [0.25, 0.3) is 0 Å². The molecule has 0 unspecified atom stereocenters. The Morgan fingerprint density at radius 3 is 3.06 bits per heavy atom. The molecule has 2 rings (SSSR count). The van der Waals surface area contributed by atoms with Crippen LogP contribution in [0.2, 0.25) is 0 Å². The molecule has 98 valence electrons. The zero-order chi connectivity index (χ0) is 12.1. The molecular weight excluding hydrogens is 216 g/mol. The number of nitrogens with zero attached hydrogens (tertiary/aromatic N) is 1. The summed E-state index contributed by atoms with van der Waals surface area (Å²) in [5.41, 5.74) is 0. The van der Waals surface area contributed by atoms with Crippen molar-refractivity contribution in [3.05, 3.63) is 0 Å². The molecule has 2 saturated heterocycles. The van der Waals surface area contributed by atoms with Crippen molar-refractivity contribution < 1.29 is 9.53 Å². The van der Waals surface area contributed by atoms with Gasteiger partial charge in [0.2, 0.25) is 5.91 Å². The van der Waals surface area contributed by atoms with Crippen LogP contribution in [-0.4, -0.2) is 49.2 Å². The zero-order valence-corrected chi connectivity index (χ0v) is 10.8. The molecule has 0 aliphatic carbocycles. The number of nitrogens with one attached hydrogen (secondary N) is 1. The van der Waals surface area contributed by atoms with Gasteiger partial charge >= 0.3 is 0 Å². The Morgan fingerprint density at radius 1 is 1.53 bits per heavy atom. The van der Waals surface area contributed by atoms with Crippen molar-refractivity contribution in [2.45, 2.75) is 51.2 Å². The number of carbonyl (C=O) groups excluding carboxylic acids is 1. The maximum atomic E-state index is 11.4. The Hall–Kier alpha value is -0.610. The Balaban J connectivity index is 1.54. The van der Waals surface area contributed by atoms with Gasteiger partial charge in [-0.25, -0.2) is 0 Å². The molecule has 2 aliphatic heterocycles. The van der Waals surface area contributed by atoms with Gasteiger partial charge < -0.3 is 15.0 Å². The minimum Gasteiger partial charge on any atom is -0.377 e. The van der Waals surface area contributed by atoms with Crippen LogP contribution in [0.4, 0.5) is 0 Å². The molecule has 0 aromatic rings. The molecule has 0 aromatic carbocycles.